The molecule has 1 amide bonds. The number of hydrogen-bond donors (Lipinski definition) is 0. The van der Waals surface area contributed by atoms with Gasteiger partial charge in [0.05, 0.1) is 16.4 Å². The van der Waals surface area contributed by atoms with Crippen molar-refractivity contribution in [2.45, 2.75) is 24.7 Å². The summed E-state index contributed by atoms with van der Waals surface area (Å²) in [6.07, 6.45) is 1.96. The number of carbonyl (C=O) groups excluding carboxylic acids is 1. The Labute approximate surface area is 192 Å². The molecule has 2 aliphatic heterocycles. The van der Waals surface area contributed by atoms with E-state index in [2.05, 4.69) is 22.9 Å². The second-order valence-electron chi connectivity index (χ2n) is 6.69. The fourth-order valence-electron chi connectivity index (χ4n) is 3.08. The largest absolute Gasteiger partial charge is 0.337 e. The number of aliphatic imine (C=N–C) groups is 1. The molecule has 2 aliphatic rings. The zero-order chi connectivity index (χ0) is 20.5. The van der Waals surface area contributed by atoms with Crippen LogP contribution in [0.3, 0.4) is 0 Å². The third-order valence-corrected chi connectivity index (χ3v) is 7.83. The van der Waals surface area contributed by atoms with Gasteiger partial charge >= 0.3 is 0 Å². The maximum absolute atomic E-state index is 13.3. The van der Waals surface area contributed by atoms with Gasteiger partial charge in [0, 0.05) is 28.0 Å². The number of unbranched alkanes of at least 4 members (excludes halogenated alkanes) is 1. The minimum atomic E-state index is 0.0209. The third-order valence-electron chi connectivity index (χ3n) is 4.64. The molecule has 1 saturated heterocycles. The Balaban J connectivity index is 1.71. The highest BCUT2D eigenvalue weighted by molar-refractivity contribution is 9.10. The lowest BCUT2D eigenvalue weighted by molar-refractivity contribution is -0.122. The van der Waals surface area contributed by atoms with Crippen LogP contribution >= 0.6 is 51.1 Å². The van der Waals surface area contributed by atoms with Gasteiger partial charge in [0.15, 0.2) is 5.17 Å². The van der Waals surface area contributed by atoms with E-state index in [1.807, 2.05) is 59.3 Å². The van der Waals surface area contributed by atoms with Gasteiger partial charge in [-0.25, -0.2) is 4.99 Å². The van der Waals surface area contributed by atoms with Gasteiger partial charge < -0.3 is 4.90 Å². The van der Waals surface area contributed by atoms with Crippen LogP contribution in [0.2, 0.25) is 5.02 Å². The van der Waals surface area contributed by atoms with E-state index in [-0.39, 0.29) is 5.91 Å². The van der Waals surface area contributed by atoms with E-state index in [0.29, 0.717) is 11.6 Å². The first-order valence-corrected chi connectivity index (χ1v) is 12.1. The Bertz CT molecular complexity index is 1020. The van der Waals surface area contributed by atoms with Gasteiger partial charge in [0.2, 0.25) is 0 Å². The molecule has 0 saturated carbocycles. The molecule has 2 heterocycles. The van der Waals surface area contributed by atoms with Crippen LogP contribution in [0.5, 0.6) is 0 Å². The number of fused-ring (bicyclic) bond motifs is 1. The van der Waals surface area contributed by atoms with Crippen molar-refractivity contribution in [3.63, 3.8) is 0 Å². The molecular formula is C21H19BrClN3OS2. The van der Waals surface area contributed by atoms with Crippen LogP contribution in [-0.4, -0.2) is 29.6 Å². The highest BCUT2D eigenvalue weighted by Crippen LogP contribution is 2.50. The summed E-state index contributed by atoms with van der Waals surface area (Å²) in [6.45, 7) is 2.79. The van der Waals surface area contributed by atoms with Crippen LogP contribution in [0.1, 0.15) is 19.8 Å². The number of carbonyl (C=O) groups is 1. The zero-order valence-corrected chi connectivity index (χ0v) is 20.0. The van der Waals surface area contributed by atoms with E-state index in [0.717, 1.165) is 48.7 Å². The molecule has 8 heteroatoms. The van der Waals surface area contributed by atoms with Crippen molar-refractivity contribution in [1.82, 2.24) is 4.90 Å². The van der Waals surface area contributed by atoms with Crippen molar-refractivity contribution in [2.24, 2.45) is 4.99 Å². The lowest BCUT2D eigenvalue weighted by Crippen LogP contribution is -2.30. The van der Waals surface area contributed by atoms with Crippen LogP contribution in [-0.2, 0) is 4.79 Å². The predicted octanol–water partition coefficient (Wildman–Crippen LogP) is 6.88. The fraction of sp³-hybridized carbons (Fsp3) is 0.238. The average Bonchev–Trinajstić information content (AvgIpc) is 3.19. The number of rotatable bonds is 4. The van der Waals surface area contributed by atoms with Crippen LogP contribution in [0.25, 0.3) is 0 Å². The second-order valence-corrected chi connectivity index (χ2v) is 10.1. The van der Waals surface area contributed by atoms with Crippen molar-refractivity contribution in [1.29, 1.82) is 0 Å². The number of thioether (sulfide) groups is 2. The van der Waals surface area contributed by atoms with Gasteiger partial charge in [-0.2, -0.15) is 0 Å². The van der Waals surface area contributed by atoms with Crippen LogP contribution in [0.4, 0.5) is 11.4 Å². The maximum atomic E-state index is 13.3. The quantitative estimate of drug-likeness (QED) is 0.422. The van der Waals surface area contributed by atoms with Gasteiger partial charge in [-0.1, -0.05) is 52.6 Å². The number of amides is 1. The number of hydrogen-bond acceptors (Lipinski definition) is 5. The minimum Gasteiger partial charge on any atom is -0.337 e. The Hall–Kier alpha value is -1.41. The molecule has 4 nitrogen and oxygen atoms in total. The van der Waals surface area contributed by atoms with Crippen molar-refractivity contribution >= 4 is 73.5 Å². The average molecular weight is 509 g/mol. The van der Waals surface area contributed by atoms with E-state index >= 15 is 0 Å². The molecule has 0 N–H and O–H groups in total. The minimum absolute atomic E-state index is 0.0209. The van der Waals surface area contributed by atoms with Gasteiger partial charge in [0.1, 0.15) is 4.91 Å². The number of halogens is 2. The van der Waals surface area contributed by atoms with E-state index in [4.69, 9.17) is 16.6 Å². The van der Waals surface area contributed by atoms with Gasteiger partial charge in [-0.05, 0) is 60.6 Å². The molecule has 2 aromatic carbocycles. The first-order valence-electron chi connectivity index (χ1n) is 9.27. The Kier molecular flexibility index (Phi) is 6.30. The lowest BCUT2D eigenvalue weighted by Gasteiger charge is -2.16. The molecule has 0 spiro atoms. The van der Waals surface area contributed by atoms with Crippen LogP contribution in [0, 0.1) is 0 Å². The normalized spacial score (nSPS) is 20.1. The van der Waals surface area contributed by atoms with E-state index in [1.165, 1.54) is 11.8 Å². The monoisotopic (exact) mass is 507 g/mol. The summed E-state index contributed by atoms with van der Waals surface area (Å²) < 4.78 is 1.00. The van der Waals surface area contributed by atoms with E-state index in [9.17, 15) is 4.79 Å². The summed E-state index contributed by atoms with van der Waals surface area (Å²) in [4.78, 5) is 23.8. The van der Waals surface area contributed by atoms with Crippen LogP contribution in [0.15, 0.2) is 66.8 Å². The maximum Gasteiger partial charge on any atom is 0.269 e. The van der Waals surface area contributed by atoms with Crippen molar-refractivity contribution in [2.75, 3.05) is 18.5 Å². The molecule has 0 aliphatic carbocycles. The van der Waals surface area contributed by atoms with Gasteiger partial charge in [-0.3, -0.25) is 9.69 Å². The number of anilines is 1. The topological polar surface area (TPSA) is 35.9 Å². The lowest BCUT2D eigenvalue weighted by atomic mass is 10.3. The molecule has 0 unspecified atom stereocenters. The summed E-state index contributed by atoms with van der Waals surface area (Å²) >= 11 is 12.7. The van der Waals surface area contributed by atoms with E-state index in [1.54, 1.807) is 11.8 Å². The van der Waals surface area contributed by atoms with Gasteiger partial charge in [-0.15, -0.1) is 0 Å². The summed E-state index contributed by atoms with van der Waals surface area (Å²) in [7, 11) is 1.98. The molecule has 2 aromatic rings. The molecule has 0 aromatic heterocycles. The summed E-state index contributed by atoms with van der Waals surface area (Å²) in [5.74, 6) is 0.0209. The third kappa shape index (κ3) is 4.24. The highest BCUT2D eigenvalue weighted by atomic mass is 79.9. The smallest absolute Gasteiger partial charge is 0.269 e. The SMILES string of the molecule is CCCCN1C(=O)/C(=C2/Sc3ccc(Cl)cc3N2C)SC1=Nc1ccc(Br)cc1. The number of nitrogens with zero attached hydrogens (tertiary/aromatic N) is 3. The second kappa shape index (κ2) is 8.76. The zero-order valence-electron chi connectivity index (χ0n) is 16.0. The molecule has 4 rings (SSSR count). The number of benzene rings is 2. The molecule has 0 atom stereocenters. The summed E-state index contributed by atoms with van der Waals surface area (Å²) in [5.41, 5.74) is 1.86. The van der Waals surface area contributed by atoms with Crippen molar-refractivity contribution in [3.05, 3.63) is 61.9 Å². The summed E-state index contributed by atoms with van der Waals surface area (Å²) in [5, 5.41) is 2.35. The first-order chi connectivity index (χ1) is 14.0. The van der Waals surface area contributed by atoms with Crippen molar-refractivity contribution in [3.8, 4) is 0 Å². The van der Waals surface area contributed by atoms with Crippen molar-refractivity contribution < 1.29 is 4.79 Å². The predicted molar refractivity (Wildman–Crippen MR) is 128 cm³/mol. The fourth-order valence-corrected chi connectivity index (χ4v) is 5.86. The highest BCUT2D eigenvalue weighted by Gasteiger charge is 2.38. The van der Waals surface area contributed by atoms with E-state index < -0.39 is 0 Å². The molecule has 29 heavy (non-hydrogen) atoms. The summed E-state index contributed by atoms with van der Waals surface area (Å²) in [6, 6.07) is 13.6. The molecular weight excluding hydrogens is 490 g/mol. The Morgan fingerprint density at radius 2 is 1.90 bits per heavy atom. The Morgan fingerprint density at radius 3 is 2.62 bits per heavy atom. The molecule has 0 radical (unpaired) electrons. The molecule has 0 bridgehead atoms. The molecule has 1 fully saturated rings. The Morgan fingerprint density at radius 1 is 1.14 bits per heavy atom. The molecule has 150 valence electrons. The van der Waals surface area contributed by atoms with Crippen LogP contribution < -0.4 is 4.90 Å². The first kappa shape index (κ1) is 20.8. The van der Waals surface area contributed by atoms with Gasteiger partial charge in [0.25, 0.3) is 5.91 Å². The number of amidine groups is 1. The standard InChI is InChI=1S/C21H19BrClN3OS2/c1-3-4-11-26-19(27)18(29-21(26)24-15-8-5-13(22)6-9-15)20-25(2)16-12-14(23)7-10-17(16)28-20/h5-10,12H,3-4,11H2,1-2H3/b20-18-,24-21?.